The van der Waals surface area contributed by atoms with Crippen LogP contribution in [-0.4, -0.2) is 51.9 Å². The SMILES string of the molecule is CC(C)(C)OC(=O)NC1CCSC2CCCC(C=N)N2C1=O. The fraction of sp³-hybridized carbons (Fsp3) is 0.800. The molecule has 6 nitrogen and oxygen atoms in total. The first-order chi connectivity index (χ1) is 10.3. The lowest BCUT2D eigenvalue weighted by Crippen LogP contribution is -2.55. The standard InChI is InChI=1S/C15H25N3O3S/c1-15(2,3)21-14(20)17-11-7-8-22-12-6-4-5-10(9-16)18(12)13(11)19/h9-12,16H,4-8H2,1-3H3,(H,17,20). The highest BCUT2D eigenvalue weighted by molar-refractivity contribution is 7.99. The van der Waals surface area contributed by atoms with Crippen LogP contribution in [0.3, 0.4) is 0 Å². The molecule has 0 bridgehead atoms. The van der Waals surface area contributed by atoms with E-state index in [1.165, 1.54) is 6.21 Å². The van der Waals surface area contributed by atoms with Crippen molar-refractivity contribution in [2.24, 2.45) is 0 Å². The van der Waals surface area contributed by atoms with Crippen molar-refractivity contribution in [1.82, 2.24) is 10.2 Å². The van der Waals surface area contributed by atoms with Crippen LogP contribution in [0.5, 0.6) is 0 Å². The van der Waals surface area contributed by atoms with Crippen molar-refractivity contribution in [2.45, 2.75) is 69.5 Å². The van der Waals surface area contributed by atoms with Gasteiger partial charge in [-0.3, -0.25) is 4.79 Å². The van der Waals surface area contributed by atoms with Crippen molar-refractivity contribution >= 4 is 30.0 Å². The fourth-order valence-electron chi connectivity index (χ4n) is 2.84. The first kappa shape index (κ1) is 17.1. The topological polar surface area (TPSA) is 82.5 Å². The summed E-state index contributed by atoms with van der Waals surface area (Å²) in [4.78, 5) is 26.5. The molecule has 7 heteroatoms. The van der Waals surface area contributed by atoms with E-state index in [2.05, 4.69) is 5.32 Å². The number of hydrogen-bond donors (Lipinski definition) is 2. The Hall–Kier alpha value is -1.24. The zero-order chi connectivity index (χ0) is 16.3. The van der Waals surface area contributed by atoms with E-state index in [1.807, 2.05) is 0 Å². The lowest BCUT2D eigenvalue weighted by Gasteiger charge is -2.40. The van der Waals surface area contributed by atoms with Gasteiger partial charge in [0.25, 0.3) is 0 Å². The van der Waals surface area contributed by atoms with Gasteiger partial charge < -0.3 is 20.4 Å². The molecular weight excluding hydrogens is 302 g/mol. The smallest absolute Gasteiger partial charge is 0.408 e. The van der Waals surface area contributed by atoms with Crippen LogP contribution in [-0.2, 0) is 9.53 Å². The molecule has 2 fully saturated rings. The Labute approximate surface area is 135 Å². The third-order valence-electron chi connectivity index (χ3n) is 3.77. The third kappa shape index (κ3) is 4.15. The average molecular weight is 327 g/mol. The van der Waals surface area contributed by atoms with Crippen LogP contribution in [0.2, 0.25) is 0 Å². The highest BCUT2D eigenvalue weighted by atomic mass is 32.2. The molecule has 0 aromatic rings. The largest absolute Gasteiger partial charge is 0.444 e. The second kappa shape index (κ2) is 6.89. The van der Waals surface area contributed by atoms with Crippen LogP contribution in [0.1, 0.15) is 46.5 Å². The maximum Gasteiger partial charge on any atom is 0.408 e. The Morgan fingerprint density at radius 1 is 1.41 bits per heavy atom. The Balaban J connectivity index is 2.07. The quantitative estimate of drug-likeness (QED) is 0.763. The van der Waals surface area contributed by atoms with E-state index in [0.29, 0.717) is 6.42 Å². The third-order valence-corrected chi connectivity index (χ3v) is 5.09. The van der Waals surface area contributed by atoms with Crippen LogP contribution in [0, 0.1) is 5.41 Å². The summed E-state index contributed by atoms with van der Waals surface area (Å²) in [5.41, 5.74) is -0.586. The second-order valence-electron chi connectivity index (χ2n) is 6.72. The number of rotatable bonds is 2. The predicted molar refractivity (Wildman–Crippen MR) is 87.3 cm³/mol. The number of hydrogen-bond acceptors (Lipinski definition) is 5. The number of ether oxygens (including phenoxy) is 1. The Kier molecular flexibility index (Phi) is 5.36. The molecule has 2 N–H and O–H groups in total. The molecule has 2 heterocycles. The van der Waals surface area contributed by atoms with E-state index >= 15 is 0 Å². The Bertz CT molecular complexity index is 450. The van der Waals surface area contributed by atoms with Crippen molar-refractivity contribution in [1.29, 1.82) is 5.41 Å². The minimum absolute atomic E-state index is 0.0888. The molecule has 2 aliphatic heterocycles. The monoisotopic (exact) mass is 327 g/mol. The van der Waals surface area contributed by atoms with Gasteiger partial charge >= 0.3 is 6.09 Å². The molecule has 2 amide bonds. The summed E-state index contributed by atoms with van der Waals surface area (Å²) in [5, 5.41) is 10.4. The lowest BCUT2D eigenvalue weighted by molar-refractivity contribution is -0.136. The van der Waals surface area contributed by atoms with Gasteiger partial charge in [0.15, 0.2) is 0 Å². The lowest BCUT2D eigenvalue weighted by atomic mass is 10.0. The van der Waals surface area contributed by atoms with E-state index in [0.717, 1.165) is 25.0 Å². The number of amides is 2. The van der Waals surface area contributed by atoms with Gasteiger partial charge in [0, 0.05) is 6.21 Å². The number of piperidine rings is 1. The molecule has 0 saturated carbocycles. The highest BCUT2D eigenvalue weighted by Crippen LogP contribution is 2.33. The number of fused-ring (bicyclic) bond motifs is 1. The average Bonchev–Trinajstić information content (AvgIpc) is 2.57. The normalized spacial score (nSPS) is 29.3. The molecule has 124 valence electrons. The summed E-state index contributed by atoms with van der Waals surface area (Å²) < 4.78 is 5.25. The molecular formula is C15H25N3O3S. The molecule has 0 spiro atoms. The molecule has 0 aromatic carbocycles. The molecule has 2 aliphatic rings. The van der Waals surface area contributed by atoms with Gasteiger partial charge in [-0.05, 0) is 52.2 Å². The number of alkyl carbamates (subject to hydrolysis) is 1. The fourth-order valence-corrected chi connectivity index (χ4v) is 4.23. The summed E-state index contributed by atoms with van der Waals surface area (Å²) in [7, 11) is 0. The Morgan fingerprint density at radius 2 is 2.14 bits per heavy atom. The summed E-state index contributed by atoms with van der Waals surface area (Å²) in [6, 6.07) is -0.715. The minimum Gasteiger partial charge on any atom is -0.444 e. The second-order valence-corrected chi connectivity index (χ2v) is 8.01. The van der Waals surface area contributed by atoms with Gasteiger partial charge in [-0.25, -0.2) is 4.79 Å². The predicted octanol–water partition coefficient (Wildman–Crippen LogP) is 2.37. The first-order valence-corrected chi connectivity index (χ1v) is 8.80. The number of nitrogens with zero attached hydrogens (tertiary/aromatic N) is 1. The van der Waals surface area contributed by atoms with Gasteiger partial charge in [-0.15, -0.1) is 11.8 Å². The molecule has 3 atom stereocenters. The molecule has 0 aliphatic carbocycles. The number of carbonyl (C=O) groups is 2. The van der Waals surface area contributed by atoms with Crippen LogP contribution < -0.4 is 5.32 Å². The van der Waals surface area contributed by atoms with Crippen molar-refractivity contribution in [3.05, 3.63) is 0 Å². The molecule has 3 unspecified atom stereocenters. The van der Waals surface area contributed by atoms with Gasteiger partial charge in [0.05, 0.1) is 11.4 Å². The van der Waals surface area contributed by atoms with Crippen molar-refractivity contribution in [3.8, 4) is 0 Å². The molecule has 2 saturated heterocycles. The molecule has 0 aromatic heterocycles. The van der Waals surface area contributed by atoms with E-state index in [4.69, 9.17) is 10.1 Å². The van der Waals surface area contributed by atoms with Crippen LogP contribution in [0.4, 0.5) is 4.79 Å². The van der Waals surface area contributed by atoms with Gasteiger partial charge in [0.2, 0.25) is 5.91 Å². The number of nitrogens with one attached hydrogen (secondary N) is 2. The van der Waals surface area contributed by atoms with Crippen molar-refractivity contribution in [3.63, 3.8) is 0 Å². The maximum atomic E-state index is 12.8. The Morgan fingerprint density at radius 3 is 2.77 bits per heavy atom. The van der Waals surface area contributed by atoms with Crippen molar-refractivity contribution < 1.29 is 14.3 Å². The zero-order valence-electron chi connectivity index (χ0n) is 13.4. The number of carbonyl (C=O) groups excluding carboxylic acids is 2. The van der Waals surface area contributed by atoms with Crippen molar-refractivity contribution in [2.75, 3.05) is 5.75 Å². The summed E-state index contributed by atoms with van der Waals surface area (Å²) in [6.45, 7) is 5.38. The zero-order valence-corrected chi connectivity index (χ0v) is 14.2. The van der Waals surface area contributed by atoms with Gasteiger partial charge in [-0.2, -0.15) is 0 Å². The molecule has 0 radical (unpaired) electrons. The van der Waals surface area contributed by atoms with E-state index < -0.39 is 17.7 Å². The van der Waals surface area contributed by atoms with Crippen LogP contribution >= 0.6 is 11.8 Å². The van der Waals surface area contributed by atoms with Gasteiger partial charge in [0.1, 0.15) is 11.6 Å². The van der Waals surface area contributed by atoms with E-state index in [-0.39, 0.29) is 17.3 Å². The first-order valence-electron chi connectivity index (χ1n) is 7.75. The van der Waals surface area contributed by atoms with E-state index in [1.54, 1.807) is 37.4 Å². The molecule has 2 rings (SSSR count). The van der Waals surface area contributed by atoms with E-state index in [9.17, 15) is 9.59 Å². The molecule has 22 heavy (non-hydrogen) atoms. The highest BCUT2D eigenvalue weighted by Gasteiger charge is 2.40. The van der Waals surface area contributed by atoms with Gasteiger partial charge in [-0.1, -0.05) is 0 Å². The summed E-state index contributed by atoms with van der Waals surface area (Å²) in [6.07, 6.45) is 4.20. The summed E-state index contributed by atoms with van der Waals surface area (Å²) >= 11 is 1.74. The maximum absolute atomic E-state index is 12.8. The number of thioether (sulfide) groups is 1. The van der Waals surface area contributed by atoms with Crippen LogP contribution in [0.25, 0.3) is 0 Å². The summed E-state index contributed by atoms with van der Waals surface area (Å²) in [5.74, 6) is 0.729. The van der Waals surface area contributed by atoms with Crippen LogP contribution in [0.15, 0.2) is 0 Å². The minimum atomic E-state index is -0.586.